The molecule has 0 aromatic heterocycles. The summed E-state index contributed by atoms with van der Waals surface area (Å²) < 4.78 is 143. The van der Waals surface area contributed by atoms with E-state index < -0.39 is 39.0 Å². The quantitative estimate of drug-likeness (QED) is 0.552. The monoisotopic (exact) mass is 459 g/mol. The van der Waals surface area contributed by atoms with Crippen molar-refractivity contribution in [2.45, 2.75) is 57.9 Å². The molecular weight excluding hydrogens is 441 g/mol. The normalized spacial score (nSPS) is 14.3. The van der Waals surface area contributed by atoms with E-state index in [1.807, 2.05) is 0 Å². The fourth-order valence-corrected chi connectivity index (χ4v) is 4.08. The molecule has 168 valence electrons. The lowest BCUT2D eigenvalue weighted by atomic mass is 9.93. The van der Waals surface area contributed by atoms with Gasteiger partial charge in [-0.05, 0) is 62.4 Å². The van der Waals surface area contributed by atoms with Crippen molar-refractivity contribution in [1.82, 2.24) is 0 Å². The standard InChI is InChI=1S/C16H18F9NO2S/c1-7-8(2)10(4)12(11(5)9(7)3)26(6)29(27,28)16(24,25)14(19,20)13(17,18)15(21,22)23/h1-6H3. The van der Waals surface area contributed by atoms with Crippen LogP contribution in [-0.2, 0) is 10.0 Å². The van der Waals surface area contributed by atoms with Crippen molar-refractivity contribution in [3.63, 3.8) is 0 Å². The third-order valence-corrected chi connectivity index (χ3v) is 6.88. The summed E-state index contributed by atoms with van der Waals surface area (Å²) in [6.45, 7) is 7.13. The van der Waals surface area contributed by atoms with Crippen molar-refractivity contribution >= 4 is 15.7 Å². The molecule has 1 aromatic carbocycles. The highest BCUT2D eigenvalue weighted by molar-refractivity contribution is 7.93. The number of rotatable bonds is 5. The van der Waals surface area contributed by atoms with Crippen molar-refractivity contribution in [3.05, 3.63) is 27.8 Å². The van der Waals surface area contributed by atoms with Crippen LogP contribution in [-0.4, -0.2) is 38.7 Å². The predicted molar refractivity (Wildman–Crippen MR) is 88.3 cm³/mol. The first kappa shape index (κ1) is 25.4. The molecule has 13 heteroatoms. The van der Waals surface area contributed by atoms with E-state index in [0.717, 1.165) is 0 Å². The van der Waals surface area contributed by atoms with Crippen LogP contribution in [0.2, 0.25) is 0 Å². The summed E-state index contributed by atoms with van der Waals surface area (Å²) in [6, 6.07) is 0. The zero-order valence-electron chi connectivity index (χ0n) is 16.1. The van der Waals surface area contributed by atoms with E-state index in [-0.39, 0.29) is 15.4 Å². The van der Waals surface area contributed by atoms with Crippen LogP contribution < -0.4 is 4.31 Å². The molecule has 0 heterocycles. The highest BCUT2D eigenvalue weighted by Gasteiger charge is 2.85. The molecule has 0 fully saturated rings. The molecule has 3 nitrogen and oxygen atoms in total. The van der Waals surface area contributed by atoms with E-state index in [4.69, 9.17) is 0 Å². The number of benzene rings is 1. The number of hydrogen-bond donors (Lipinski definition) is 0. The summed E-state index contributed by atoms with van der Waals surface area (Å²) in [6.07, 6.45) is -7.11. The summed E-state index contributed by atoms with van der Waals surface area (Å²) in [5.41, 5.74) is 1.03. The predicted octanol–water partition coefficient (Wildman–Crippen LogP) is 5.42. The van der Waals surface area contributed by atoms with Gasteiger partial charge >= 0.3 is 33.3 Å². The Kier molecular flexibility index (Phi) is 6.08. The number of nitrogens with zero attached hydrogens (tertiary/aromatic N) is 1. The van der Waals surface area contributed by atoms with Crippen LogP contribution in [0.5, 0.6) is 0 Å². The van der Waals surface area contributed by atoms with E-state index in [1.165, 1.54) is 27.7 Å². The van der Waals surface area contributed by atoms with Crippen LogP contribution in [0, 0.1) is 34.6 Å². The van der Waals surface area contributed by atoms with Gasteiger partial charge in [0.15, 0.2) is 0 Å². The molecule has 0 aliphatic rings. The molecule has 0 amide bonds. The number of alkyl halides is 9. The summed E-state index contributed by atoms with van der Waals surface area (Å²) in [5.74, 6) is -14.6. The van der Waals surface area contributed by atoms with Crippen LogP contribution >= 0.6 is 0 Å². The first-order valence-corrected chi connectivity index (χ1v) is 9.28. The van der Waals surface area contributed by atoms with Crippen LogP contribution in [0.3, 0.4) is 0 Å². The maximum atomic E-state index is 14.1. The third kappa shape index (κ3) is 3.34. The molecule has 0 spiro atoms. The van der Waals surface area contributed by atoms with Crippen LogP contribution in [0.1, 0.15) is 27.8 Å². The lowest BCUT2D eigenvalue weighted by Crippen LogP contribution is -2.65. The van der Waals surface area contributed by atoms with Gasteiger partial charge in [0.2, 0.25) is 0 Å². The highest BCUT2D eigenvalue weighted by Crippen LogP contribution is 2.55. The molecule has 0 saturated carbocycles. The lowest BCUT2D eigenvalue weighted by Gasteiger charge is -2.36. The maximum Gasteiger partial charge on any atom is 0.460 e. The molecule has 0 N–H and O–H groups in total. The number of hydrogen-bond acceptors (Lipinski definition) is 2. The molecule has 29 heavy (non-hydrogen) atoms. The van der Waals surface area contributed by atoms with Gasteiger partial charge < -0.3 is 0 Å². The molecule has 0 bridgehead atoms. The molecular formula is C16H18F9NO2S. The summed E-state index contributed by atoms with van der Waals surface area (Å²) in [7, 11) is -6.33. The van der Waals surface area contributed by atoms with Crippen molar-refractivity contribution in [1.29, 1.82) is 0 Å². The van der Waals surface area contributed by atoms with Crippen molar-refractivity contribution in [2.75, 3.05) is 11.4 Å². The molecule has 1 aromatic rings. The molecule has 1 rings (SSSR count). The second-order valence-corrected chi connectivity index (χ2v) is 8.62. The largest absolute Gasteiger partial charge is 0.460 e. The van der Waals surface area contributed by atoms with E-state index in [1.54, 1.807) is 6.92 Å². The minimum absolute atomic E-state index is 0.0540. The molecule has 0 atom stereocenters. The first-order valence-electron chi connectivity index (χ1n) is 7.84. The first-order chi connectivity index (χ1) is 12.6. The fourth-order valence-electron chi connectivity index (χ4n) is 2.77. The Hall–Kier alpha value is -1.66. The second kappa shape index (κ2) is 6.95. The van der Waals surface area contributed by atoms with E-state index in [2.05, 4.69) is 0 Å². The van der Waals surface area contributed by atoms with Gasteiger partial charge in [0.25, 0.3) is 0 Å². The Balaban J connectivity index is 3.77. The Morgan fingerprint density at radius 2 is 0.931 bits per heavy atom. The van der Waals surface area contributed by atoms with Gasteiger partial charge in [-0.25, -0.2) is 0 Å². The molecule has 0 saturated heterocycles. The van der Waals surface area contributed by atoms with Gasteiger partial charge in [-0.3, -0.25) is 4.31 Å². The zero-order chi connectivity index (χ0) is 23.5. The Bertz CT molecular complexity index is 892. The van der Waals surface area contributed by atoms with E-state index in [0.29, 0.717) is 23.7 Å². The van der Waals surface area contributed by atoms with Gasteiger partial charge in [-0.1, -0.05) is 0 Å². The van der Waals surface area contributed by atoms with Crippen molar-refractivity contribution < 1.29 is 47.9 Å². The van der Waals surface area contributed by atoms with Crippen LogP contribution in [0.15, 0.2) is 0 Å². The van der Waals surface area contributed by atoms with E-state index >= 15 is 0 Å². The van der Waals surface area contributed by atoms with Gasteiger partial charge in [-0.15, -0.1) is 0 Å². The minimum Gasteiger partial charge on any atom is -0.268 e. The average Bonchev–Trinajstić information content (AvgIpc) is 2.56. The SMILES string of the molecule is Cc1c(C)c(C)c(N(C)S(=O)(=O)C(F)(F)C(F)(F)C(F)(F)C(F)(F)F)c(C)c1C. The third-order valence-electron chi connectivity index (χ3n) is 5.08. The zero-order valence-corrected chi connectivity index (χ0v) is 16.9. The smallest absolute Gasteiger partial charge is 0.268 e. The summed E-state index contributed by atoms with van der Waals surface area (Å²) >= 11 is 0. The van der Waals surface area contributed by atoms with Crippen LogP contribution in [0.25, 0.3) is 0 Å². The van der Waals surface area contributed by atoms with Gasteiger partial charge in [0, 0.05) is 7.05 Å². The van der Waals surface area contributed by atoms with Gasteiger partial charge in [0.05, 0.1) is 5.69 Å². The lowest BCUT2D eigenvalue weighted by molar-refractivity contribution is -0.382. The Morgan fingerprint density at radius 1 is 0.621 bits per heavy atom. The number of anilines is 1. The Labute approximate surface area is 161 Å². The minimum atomic E-state index is -7.30. The van der Waals surface area contributed by atoms with Crippen molar-refractivity contribution in [2.24, 2.45) is 0 Å². The second-order valence-electron chi connectivity index (χ2n) is 6.61. The van der Waals surface area contributed by atoms with Crippen molar-refractivity contribution in [3.8, 4) is 0 Å². The molecule has 0 aliphatic heterocycles. The van der Waals surface area contributed by atoms with Gasteiger partial charge in [-0.2, -0.15) is 47.9 Å². The molecule has 0 aliphatic carbocycles. The molecule has 0 radical (unpaired) electrons. The van der Waals surface area contributed by atoms with E-state index in [9.17, 15) is 47.9 Å². The Morgan fingerprint density at radius 3 is 1.24 bits per heavy atom. The summed E-state index contributed by atoms with van der Waals surface area (Å²) in [5, 5.41) is -6.78. The topological polar surface area (TPSA) is 37.4 Å². The number of sulfonamides is 1. The maximum absolute atomic E-state index is 14.1. The average molecular weight is 459 g/mol. The van der Waals surface area contributed by atoms with Crippen LogP contribution in [0.4, 0.5) is 45.2 Å². The fraction of sp³-hybridized carbons (Fsp3) is 0.625. The molecule has 0 unspecified atom stereocenters. The highest BCUT2D eigenvalue weighted by atomic mass is 32.2. The summed E-state index contributed by atoms with van der Waals surface area (Å²) in [4.78, 5) is 0. The van der Waals surface area contributed by atoms with Gasteiger partial charge in [0.1, 0.15) is 0 Å². The number of halogens is 9.